The summed E-state index contributed by atoms with van der Waals surface area (Å²) >= 11 is 6.52. The van der Waals surface area contributed by atoms with Gasteiger partial charge in [0, 0.05) is 24.8 Å². The van der Waals surface area contributed by atoms with Gasteiger partial charge < -0.3 is 9.64 Å². The molecule has 8 nitrogen and oxygen atoms in total. The normalized spacial score (nSPS) is 16.7. The van der Waals surface area contributed by atoms with Crippen molar-refractivity contribution in [2.75, 3.05) is 34.8 Å². The Morgan fingerprint density at radius 3 is 2.72 bits per heavy atom. The highest BCUT2D eigenvalue weighted by molar-refractivity contribution is 6.33. The SMILES string of the molecule is CC(C)(C)CCOc1nccc(NC(=O)N2c3nc(-c4cccc(C(F)(F)F)c4)c(Cl)cc3N3CC[C@H]2C3)n1. The van der Waals surface area contributed by atoms with Gasteiger partial charge in [0.2, 0.25) is 0 Å². The van der Waals surface area contributed by atoms with E-state index in [1.807, 2.05) is 0 Å². The molecular formula is C27H28ClF3N6O2. The van der Waals surface area contributed by atoms with Crippen molar-refractivity contribution in [2.24, 2.45) is 5.41 Å². The molecule has 39 heavy (non-hydrogen) atoms. The molecular weight excluding hydrogens is 533 g/mol. The first-order valence-electron chi connectivity index (χ1n) is 12.6. The number of hydrogen-bond donors (Lipinski definition) is 1. The number of halogens is 4. The van der Waals surface area contributed by atoms with Crippen molar-refractivity contribution in [3.05, 3.63) is 53.2 Å². The Bertz CT molecular complexity index is 1390. The van der Waals surface area contributed by atoms with Gasteiger partial charge in [-0.3, -0.25) is 10.2 Å². The second-order valence-electron chi connectivity index (χ2n) is 10.8. The average molecular weight is 561 g/mol. The summed E-state index contributed by atoms with van der Waals surface area (Å²) in [6.45, 7) is 8.03. The highest BCUT2D eigenvalue weighted by Gasteiger charge is 2.41. The number of fused-ring (bicyclic) bond motifs is 4. The largest absolute Gasteiger partial charge is 0.463 e. The molecule has 2 aromatic heterocycles. The quantitative estimate of drug-likeness (QED) is 0.376. The second-order valence-corrected chi connectivity index (χ2v) is 11.2. The molecule has 1 atom stereocenters. The third-order valence-corrected chi connectivity index (χ3v) is 6.96. The summed E-state index contributed by atoms with van der Waals surface area (Å²) in [5.74, 6) is 0.587. The molecule has 1 N–H and O–H groups in total. The van der Waals surface area contributed by atoms with Crippen LogP contribution in [0, 0.1) is 5.41 Å². The van der Waals surface area contributed by atoms with Crippen molar-refractivity contribution in [2.45, 2.75) is 45.8 Å². The number of ether oxygens (including phenoxy) is 1. The van der Waals surface area contributed by atoms with Gasteiger partial charge in [0.25, 0.3) is 0 Å². The fourth-order valence-electron chi connectivity index (χ4n) is 4.63. The maximum Gasteiger partial charge on any atom is 0.416 e. The van der Waals surface area contributed by atoms with Gasteiger partial charge in [-0.05, 0) is 42.5 Å². The number of urea groups is 1. The Labute approximate surface area is 229 Å². The minimum absolute atomic E-state index is 0.0887. The van der Waals surface area contributed by atoms with Gasteiger partial charge in [-0.15, -0.1) is 0 Å². The predicted molar refractivity (Wildman–Crippen MR) is 143 cm³/mol. The zero-order valence-corrected chi connectivity index (χ0v) is 22.5. The third kappa shape index (κ3) is 5.88. The van der Waals surface area contributed by atoms with Gasteiger partial charge in [-0.2, -0.15) is 18.2 Å². The lowest BCUT2D eigenvalue weighted by molar-refractivity contribution is -0.137. The number of anilines is 3. The molecule has 12 heteroatoms. The van der Waals surface area contributed by atoms with Crippen LogP contribution in [0.4, 0.5) is 35.3 Å². The van der Waals surface area contributed by atoms with Crippen molar-refractivity contribution in [1.29, 1.82) is 0 Å². The van der Waals surface area contributed by atoms with Gasteiger partial charge >= 0.3 is 18.2 Å². The van der Waals surface area contributed by atoms with E-state index in [0.29, 0.717) is 37.6 Å². The first-order valence-corrected chi connectivity index (χ1v) is 13.0. The van der Waals surface area contributed by atoms with Crippen molar-refractivity contribution in [3.8, 4) is 17.3 Å². The zero-order chi connectivity index (χ0) is 27.9. The second kappa shape index (κ2) is 10.2. The molecule has 0 aliphatic carbocycles. The summed E-state index contributed by atoms with van der Waals surface area (Å²) in [5.41, 5.74) is 0.301. The van der Waals surface area contributed by atoms with Crippen molar-refractivity contribution < 1.29 is 22.7 Å². The molecule has 4 heterocycles. The predicted octanol–water partition coefficient (Wildman–Crippen LogP) is 6.66. The van der Waals surface area contributed by atoms with E-state index in [4.69, 9.17) is 16.3 Å². The molecule has 1 aromatic carbocycles. The van der Waals surface area contributed by atoms with Gasteiger partial charge in [0.15, 0.2) is 5.82 Å². The zero-order valence-electron chi connectivity index (χ0n) is 21.7. The number of rotatable bonds is 5. The smallest absolute Gasteiger partial charge is 0.416 e. The molecule has 1 fully saturated rings. The minimum atomic E-state index is -4.51. The van der Waals surface area contributed by atoms with Gasteiger partial charge in [-0.1, -0.05) is 44.5 Å². The topological polar surface area (TPSA) is 83.5 Å². The maximum absolute atomic E-state index is 13.6. The Hall–Kier alpha value is -3.60. The van der Waals surface area contributed by atoms with Crippen LogP contribution in [0.25, 0.3) is 11.3 Å². The number of amides is 2. The lowest BCUT2D eigenvalue weighted by Crippen LogP contribution is -2.48. The molecule has 2 amide bonds. The number of aromatic nitrogens is 3. The molecule has 1 saturated heterocycles. The van der Waals surface area contributed by atoms with E-state index < -0.39 is 17.8 Å². The van der Waals surface area contributed by atoms with E-state index >= 15 is 0 Å². The molecule has 2 aliphatic rings. The number of benzene rings is 1. The number of alkyl halides is 3. The summed E-state index contributed by atoms with van der Waals surface area (Å²) in [6.07, 6.45) is -1.51. The van der Waals surface area contributed by atoms with Crippen molar-refractivity contribution >= 4 is 35.0 Å². The van der Waals surface area contributed by atoms with E-state index in [1.54, 1.807) is 12.1 Å². The summed E-state index contributed by atoms with van der Waals surface area (Å²) in [7, 11) is 0. The van der Waals surface area contributed by atoms with Gasteiger partial charge in [0.05, 0.1) is 34.6 Å². The lowest BCUT2D eigenvalue weighted by Gasteiger charge is -2.36. The van der Waals surface area contributed by atoms with Crippen LogP contribution in [0.5, 0.6) is 6.01 Å². The Morgan fingerprint density at radius 2 is 1.97 bits per heavy atom. The molecule has 0 unspecified atom stereocenters. The minimum Gasteiger partial charge on any atom is -0.463 e. The Morgan fingerprint density at radius 1 is 1.18 bits per heavy atom. The van der Waals surface area contributed by atoms with Crippen LogP contribution in [0.3, 0.4) is 0 Å². The van der Waals surface area contributed by atoms with Crippen LogP contribution < -0.4 is 19.9 Å². The first kappa shape index (κ1) is 27.0. The van der Waals surface area contributed by atoms with Gasteiger partial charge in [-0.25, -0.2) is 14.8 Å². The number of carbonyl (C=O) groups is 1. The molecule has 206 valence electrons. The molecule has 2 aliphatic heterocycles. The number of pyridine rings is 1. The average Bonchev–Trinajstić information content (AvgIpc) is 3.28. The van der Waals surface area contributed by atoms with Crippen LogP contribution in [-0.4, -0.2) is 46.7 Å². The number of nitrogens with one attached hydrogen (secondary N) is 1. The van der Waals surface area contributed by atoms with E-state index in [-0.39, 0.29) is 39.6 Å². The summed E-state index contributed by atoms with van der Waals surface area (Å²) in [4.78, 5) is 30.2. The van der Waals surface area contributed by atoms with E-state index in [0.717, 1.165) is 18.6 Å². The Kier molecular flexibility index (Phi) is 7.04. The Balaban J connectivity index is 1.43. The van der Waals surface area contributed by atoms with Crippen molar-refractivity contribution in [3.63, 3.8) is 0 Å². The molecule has 0 spiro atoms. The van der Waals surface area contributed by atoms with Gasteiger partial charge in [0.1, 0.15) is 5.82 Å². The molecule has 2 bridgehead atoms. The van der Waals surface area contributed by atoms with E-state index in [1.165, 1.54) is 23.2 Å². The number of hydrogen-bond acceptors (Lipinski definition) is 6. The van der Waals surface area contributed by atoms with Crippen LogP contribution >= 0.6 is 11.6 Å². The van der Waals surface area contributed by atoms with E-state index in [2.05, 4.69) is 45.9 Å². The van der Waals surface area contributed by atoms with Crippen LogP contribution in [-0.2, 0) is 6.18 Å². The monoisotopic (exact) mass is 560 g/mol. The van der Waals surface area contributed by atoms with Crippen LogP contribution in [0.2, 0.25) is 5.02 Å². The lowest BCUT2D eigenvalue weighted by atomic mass is 9.93. The molecule has 0 radical (unpaired) electrons. The summed E-state index contributed by atoms with van der Waals surface area (Å²) in [6, 6.07) is 7.55. The fraction of sp³-hybridized carbons (Fsp3) is 0.407. The molecule has 0 saturated carbocycles. The summed E-state index contributed by atoms with van der Waals surface area (Å²) in [5, 5.41) is 3.00. The van der Waals surface area contributed by atoms with Crippen molar-refractivity contribution in [1.82, 2.24) is 15.0 Å². The first-order chi connectivity index (χ1) is 18.4. The molecule has 5 rings (SSSR count). The van der Waals surface area contributed by atoms with Crippen LogP contribution in [0.15, 0.2) is 42.6 Å². The third-order valence-electron chi connectivity index (χ3n) is 6.67. The van der Waals surface area contributed by atoms with E-state index in [9.17, 15) is 18.0 Å². The number of carbonyl (C=O) groups excluding carboxylic acids is 1. The van der Waals surface area contributed by atoms with Crippen LogP contribution in [0.1, 0.15) is 39.2 Å². The highest BCUT2D eigenvalue weighted by Crippen LogP contribution is 2.43. The number of nitrogens with zero attached hydrogens (tertiary/aromatic N) is 5. The molecule has 3 aromatic rings. The fourth-order valence-corrected chi connectivity index (χ4v) is 4.88. The standard InChI is InChI=1S/C27H28ClF3N6O2/c1-26(2,3)9-12-39-24-32-10-7-21(33-24)34-25(38)37-18-8-11-36(15-18)20-14-19(28)22(35-23(20)37)16-5-4-6-17(13-16)27(29,30)31/h4-7,10,13-14,18H,8-9,11-12,15H2,1-3H3,(H,32,33,34,38)/t18-/m0/s1. The summed E-state index contributed by atoms with van der Waals surface area (Å²) < 4.78 is 45.7. The highest BCUT2D eigenvalue weighted by atomic mass is 35.5. The maximum atomic E-state index is 13.6.